The average molecular weight is 436 g/mol. The number of ether oxygens (including phenoxy) is 3. The third-order valence-corrected chi connectivity index (χ3v) is 3.36. The fraction of sp³-hybridized carbons (Fsp3) is 0.125. The SMILES string of the molecule is O=C(C=Cc1ccc(OC(F)F)cc1OC(F)F)Oc1cccnc1Br. The molecule has 1 aromatic heterocycles. The van der Waals surface area contributed by atoms with Gasteiger partial charge in [-0.15, -0.1) is 0 Å². The van der Waals surface area contributed by atoms with Crippen molar-refractivity contribution in [3.63, 3.8) is 0 Å². The molecular formula is C16H10BrF4NO4. The van der Waals surface area contributed by atoms with E-state index in [9.17, 15) is 22.4 Å². The lowest BCUT2D eigenvalue weighted by Crippen LogP contribution is -2.06. The minimum atomic E-state index is -3.19. The molecule has 0 aliphatic heterocycles. The maximum absolute atomic E-state index is 12.5. The summed E-state index contributed by atoms with van der Waals surface area (Å²) >= 11 is 3.10. The molecule has 0 spiro atoms. The lowest BCUT2D eigenvalue weighted by molar-refractivity contribution is -0.129. The molecule has 0 aliphatic carbocycles. The number of aromatic nitrogens is 1. The first kappa shape index (κ1) is 19.7. The lowest BCUT2D eigenvalue weighted by Gasteiger charge is -2.11. The number of nitrogens with zero attached hydrogens (tertiary/aromatic N) is 1. The Hall–Kier alpha value is -2.62. The monoisotopic (exact) mass is 435 g/mol. The average Bonchev–Trinajstić information content (AvgIpc) is 2.55. The van der Waals surface area contributed by atoms with Crippen molar-refractivity contribution in [2.24, 2.45) is 0 Å². The van der Waals surface area contributed by atoms with Crippen molar-refractivity contribution >= 4 is 28.0 Å². The summed E-state index contributed by atoms with van der Waals surface area (Å²) in [6.07, 6.45) is 3.57. The molecule has 0 atom stereocenters. The highest BCUT2D eigenvalue weighted by atomic mass is 79.9. The van der Waals surface area contributed by atoms with Crippen LogP contribution >= 0.6 is 15.9 Å². The van der Waals surface area contributed by atoms with E-state index in [1.165, 1.54) is 18.3 Å². The van der Waals surface area contributed by atoms with Gasteiger partial charge in [0, 0.05) is 23.9 Å². The molecule has 2 rings (SSSR count). The number of hydrogen-bond acceptors (Lipinski definition) is 5. The Labute approximate surface area is 153 Å². The lowest BCUT2D eigenvalue weighted by atomic mass is 10.1. The van der Waals surface area contributed by atoms with Gasteiger partial charge >= 0.3 is 19.2 Å². The smallest absolute Gasteiger partial charge is 0.387 e. The van der Waals surface area contributed by atoms with E-state index in [0.29, 0.717) is 4.60 Å². The van der Waals surface area contributed by atoms with Crippen molar-refractivity contribution in [3.8, 4) is 17.2 Å². The van der Waals surface area contributed by atoms with Crippen LogP contribution in [0.2, 0.25) is 0 Å². The second-order valence-corrected chi connectivity index (χ2v) is 5.25. The van der Waals surface area contributed by atoms with Crippen molar-refractivity contribution in [1.82, 2.24) is 4.98 Å². The molecule has 1 heterocycles. The number of pyridine rings is 1. The van der Waals surface area contributed by atoms with Gasteiger partial charge in [-0.3, -0.25) is 0 Å². The van der Waals surface area contributed by atoms with Gasteiger partial charge in [0.15, 0.2) is 5.75 Å². The summed E-state index contributed by atoms with van der Waals surface area (Å²) in [4.78, 5) is 15.7. The number of carbonyl (C=O) groups is 1. The first-order chi connectivity index (χ1) is 12.3. The molecular weight excluding hydrogens is 426 g/mol. The quantitative estimate of drug-likeness (QED) is 0.274. The van der Waals surface area contributed by atoms with E-state index in [2.05, 4.69) is 30.4 Å². The molecule has 0 fully saturated rings. The first-order valence-electron chi connectivity index (χ1n) is 6.89. The van der Waals surface area contributed by atoms with Crippen LogP contribution in [0.25, 0.3) is 6.08 Å². The van der Waals surface area contributed by atoms with Gasteiger partial charge in [0.05, 0.1) is 0 Å². The Morgan fingerprint density at radius 2 is 1.81 bits per heavy atom. The summed E-state index contributed by atoms with van der Waals surface area (Å²) < 4.78 is 63.1. The standard InChI is InChI=1S/C16H10BrF4NO4/c17-14-11(2-1-7-22-14)25-13(23)6-4-9-3-5-10(24-15(18)19)8-12(9)26-16(20)21/h1-8,15-16H. The number of hydrogen-bond donors (Lipinski definition) is 0. The third-order valence-electron chi connectivity index (χ3n) is 2.76. The molecule has 26 heavy (non-hydrogen) atoms. The van der Waals surface area contributed by atoms with E-state index < -0.39 is 24.9 Å². The van der Waals surface area contributed by atoms with Gasteiger partial charge in [-0.2, -0.15) is 17.6 Å². The molecule has 1 aromatic carbocycles. The van der Waals surface area contributed by atoms with Crippen LogP contribution in [0, 0.1) is 0 Å². The van der Waals surface area contributed by atoms with Gasteiger partial charge in [-0.1, -0.05) is 0 Å². The topological polar surface area (TPSA) is 57.7 Å². The van der Waals surface area contributed by atoms with E-state index in [4.69, 9.17) is 4.74 Å². The van der Waals surface area contributed by atoms with Gasteiger partial charge in [0.1, 0.15) is 16.1 Å². The molecule has 0 radical (unpaired) electrons. The Balaban J connectivity index is 2.17. The van der Waals surface area contributed by atoms with Gasteiger partial charge in [0.2, 0.25) is 0 Å². The van der Waals surface area contributed by atoms with Crippen molar-refractivity contribution in [3.05, 3.63) is 52.8 Å². The molecule has 0 aliphatic rings. The second-order valence-electron chi connectivity index (χ2n) is 4.50. The Bertz CT molecular complexity index is 802. The highest BCUT2D eigenvalue weighted by Gasteiger charge is 2.13. The maximum atomic E-state index is 12.5. The van der Waals surface area contributed by atoms with E-state index in [1.54, 1.807) is 6.07 Å². The zero-order chi connectivity index (χ0) is 19.1. The molecule has 0 saturated heterocycles. The first-order valence-corrected chi connectivity index (χ1v) is 7.68. The number of halogens is 5. The summed E-state index contributed by atoms with van der Waals surface area (Å²) in [7, 11) is 0. The van der Waals surface area contributed by atoms with Gasteiger partial charge in [-0.05, 0) is 46.3 Å². The number of alkyl halides is 4. The van der Waals surface area contributed by atoms with Crippen LogP contribution in [0.5, 0.6) is 17.2 Å². The minimum Gasteiger partial charge on any atom is -0.435 e. The molecule has 10 heteroatoms. The predicted octanol–water partition coefficient (Wildman–Crippen LogP) is 4.67. The molecule has 0 bridgehead atoms. The van der Waals surface area contributed by atoms with Crippen LogP contribution in [-0.4, -0.2) is 24.2 Å². The molecule has 5 nitrogen and oxygen atoms in total. The maximum Gasteiger partial charge on any atom is 0.387 e. The molecule has 0 saturated carbocycles. The number of benzene rings is 1. The number of rotatable bonds is 7. The summed E-state index contributed by atoms with van der Waals surface area (Å²) in [6.45, 7) is -6.31. The van der Waals surface area contributed by atoms with E-state index in [-0.39, 0.29) is 17.1 Å². The highest BCUT2D eigenvalue weighted by Crippen LogP contribution is 2.28. The second kappa shape index (κ2) is 9.18. The van der Waals surface area contributed by atoms with E-state index in [1.807, 2.05) is 0 Å². The molecule has 0 amide bonds. The van der Waals surface area contributed by atoms with Crippen molar-refractivity contribution in [1.29, 1.82) is 0 Å². The number of carbonyl (C=O) groups excluding carboxylic acids is 1. The Morgan fingerprint density at radius 3 is 2.46 bits per heavy atom. The zero-order valence-corrected chi connectivity index (χ0v) is 14.3. The van der Waals surface area contributed by atoms with E-state index in [0.717, 1.165) is 24.3 Å². The van der Waals surface area contributed by atoms with Crippen LogP contribution in [0.3, 0.4) is 0 Å². The Kier molecular flexibility index (Phi) is 6.96. The summed E-state index contributed by atoms with van der Waals surface area (Å²) in [6, 6.07) is 6.20. The van der Waals surface area contributed by atoms with E-state index >= 15 is 0 Å². The van der Waals surface area contributed by atoms with Crippen LogP contribution in [0.15, 0.2) is 47.2 Å². The summed E-state index contributed by atoms with van der Waals surface area (Å²) in [5, 5.41) is 0. The molecule has 0 unspecified atom stereocenters. The third kappa shape index (κ3) is 6.03. The molecule has 2 aromatic rings. The minimum absolute atomic E-state index is 0.0362. The predicted molar refractivity (Wildman–Crippen MR) is 86.3 cm³/mol. The van der Waals surface area contributed by atoms with Crippen molar-refractivity contribution < 1.29 is 36.6 Å². The summed E-state index contributed by atoms with van der Waals surface area (Å²) in [5.74, 6) is -1.46. The van der Waals surface area contributed by atoms with Crippen molar-refractivity contribution in [2.45, 2.75) is 13.2 Å². The molecule has 0 N–H and O–H groups in total. The number of esters is 1. The highest BCUT2D eigenvalue weighted by molar-refractivity contribution is 9.10. The molecule has 138 valence electrons. The van der Waals surface area contributed by atoms with Crippen LogP contribution < -0.4 is 14.2 Å². The summed E-state index contributed by atoms with van der Waals surface area (Å²) in [5.41, 5.74) is 0.0362. The fourth-order valence-electron chi connectivity index (χ4n) is 1.77. The van der Waals surface area contributed by atoms with Crippen LogP contribution in [0.1, 0.15) is 5.56 Å². The van der Waals surface area contributed by atoms with Gasteiger partial charge in [0.25, 0.3) is 0 Å². The fourth-order valence-corrected chi connectivity index (χ4v) is 2.11. The normalized spacial score (nSPS) is 11.2. The van der Waals surface area contributed by atoms with Crippen LogP contribution in [-0.2, 0) is 4.79 Å². The van der Waals surface area contributed by atoms with Crippen LogP contribution in [0.4, 0.5) is 17.6 Å². The van der Waals surface area contributed by atoms with Gasteiger partial charge in [-0.25, -0.2) is 9.78 Å². The largest absolute Gasteiger partial charge is 0.435 e. The Morgan fingerprint density at radius 1 is 1.08 bits per heavy atom. The zero-order valence-electron chi connectivity index (χ0n) is 12.7. The van der Waals surface area contributed by atoms with Gasteiger partial charge < -0.3 is 14.2 Å². The van der Waals surface area contributed by atoms with Crippen molar-refractivity contribution in [2.75, 3.05) is 0 Å².